The summed E-state index contributed by atoms with van der Waals surface area (Å²) in [5, 5.41) is 9.61. The highest BCUT2D eigenvalue weighted by Crippen LogP contribution is 2.36. The lowest BCUT2D eigenvalue weighted by atomic mass is 9.96. The number of aryl methyl sites for hydroxylation is 1. The Balaban J connectivity index is 2.23. The summed E-state index contributed by atoms with van der Waals surface area (Å²) in [7, 11) is 0. The predicted molar refractivity (Wildman–Crippen MR) is 94.3 cm³/mol. The molecule has 2 aromatic rings. The minimum Gasteiger partial charge on any atom is -0.478 e. The van der Waals surface area contributed by atoms with Crippen molar-refractivity contribution in [3.63, 3.8) is 0 Å². The topological polar surface area (TPSA) is 74.7 Å². The molecule has 0 aromatic heterocycles. The molecule has 0 saturated heterocycles. The van der Waals surface area contributed by atoms with Gasteiger partial charge in [0.2, 0.25) is 0 Å². The Morgan fingerprint density at radius 2 is 1.64 bits per heavy atom. The van der Waals surface area contributed by atoms with Crippen LogP contribution in [0.3, 0.4) is 0 Å². The highest BCUT2D eigenvalue weighted by atomic mass is 16.4. The Morgan fingerprint density at radius 3 is 2.16 bits per heavy atom. The molecule has 0 saturated carbocycles. The molecule has 5 heteroatoms. The third-order valence-electron chi connectivity index (χ3n) is 4.55. The number of carboxylic acid groups (broad SMARTS) is 1. The number of carbonyl (C=O) groups is 3. The Hall–Kier alpha value is -2.95. The summed E-state index contributed by atoms with van der Waals surface area (Å²) in [6, 6.07) is 9.77. The van der Waals surface area contributed by atoms with E-state index in [0.29, 0.717) is 17.5 Å². The van der Waals surface area contributed by atoms with Crippen molar-refractivity contribution in [3.8, 4) is 0 Å². The maximum absolute atomic E-state index is 12.8. The number of amides is 2. The van der Waals surface area contributed by atoms with E-state index in [-0.39, 0.29) is 11.3 Å². The number of anilines is 1. The lowest BCUT2D eigenvalue weighted by Crippen LogP contribution is -2.32. The molecule has 0 atom stereocenters. The van der Waals surface area contributed by atoms with Gasteiger partial charge in [0.25, 0.3) is 11.8 Å². The van der Waals surface area contributed by atoms with E-state index in [0.717, 1.165) is 28.9 Å². The van der Waals surface area contributed by atoms with Crippen LogP contribution in [0.5, 0.6) is 0 Å². The SMILES string of the molecule is CCCCc1c(C)ccc(C(=O)O)c1N1C(=O)c2ccccc2C1=O. The van der Waals surface area contributed by atoms with Crippen molar-refractivity contribution < 1.29 is 19.5 Å². The van der Waals surface area contributed by atoms with Crippen LogP contribution in [0.15, 0.2) is 36.4 Å². The molecule has 0 unspecified atom stereocenters. The molecular weight excluding hydrogens is 318 g/mol. The summed E-state index contributed by atoms with van der Waals surface area (Å²) in [6.07, 6.45) is 2.39. The van der Waals surface area contributed by atoms with E-state index >= 15 is 0 Å². The Labute approximate surface area is 145 Å². The van der Waals surface area contributed by atoms with Gasteiger partial charge >= 0.3 is 5.97 Å². The number of hydrogen-bond acceptors (Lipinski definition) is 3. The van der Waals surface area contributed by atoms with Gasteiger partial charge in [-0.25, -0.2) is 9.69 Å². The van der Waals surface area contributed by atoms with Crippen LogP contribution in [0, 0.1) is 6.92 Å². The minimum absolute atomic E-state index is 0.0220. The molecule has 0 fully saturated rings. The lowest BCUT2D eigenvalue weighted by Gasteiger charge is -2.22. The second-order valence-corrected chi connectivity index (χ2v) is 6.16. The molecule has 0 aliphatic carbocycles. The number of nitrogens with zero attached hydrogens (tertiary/aromatic N) is 1. The van der Waals surface area contributed by atoms with E-state index < -0.39 is 17.8 Å². The molecule has 1 aliphatic rings. The molecule has 0 spiro atoms. The first-order valence-corrected chi connectivity index (χ1v) is 8.31. The molecule has 0 bridgehead atoms. The van der Waals surface area contributed by atoms with Crippen molar-refractivity contribution in [1.82, 2.24) is 0 Å². The average Bonchev–Trinajstić information content (AvgIpc) is 2.85. The Kier molecular flexibility index (Phi) is 4.40. The number of fused-ring (bicyclic) bond motifs is 1. The number of unbranched alkanes of at least 4 members (excludes halogenated alkanes) is 1. The van der Waals surface area contributed by atoms with Crippen LogP contribution in [-0.4, -0.2) is 22.9 Å². The Morgan fingerprint density at radius 1 is 1.04 bits per heavy atom. The average molecular weight is 337 g/mol. The second kappa shape index (κ2) is 6.51. The summed E-state index contributed by atoms with van der Waals surface area (Å²) in [5.41, 5.74) is 2.44. The summed E-state index contributed by atoms with van der Waals surface area (Å²) in [4.78, 5) is 38.5. The lowest BCUT2D eigenvalue weighted by molar-refractivity contribution is 0.0697. The zero-order valence-corrected chi connectivity index (χ0v) is 14.2. The first kappa shape index (κ1) is 16.9. The van der Waals surface area contributed by atoms with E-state index in [1.165, 1.54) is 6.07 Å². The number of hydrogen-bond donors (Lipinski definition) is 1. The first-order chi connectivity index (χ1) is 12.0. The van der Waals surface area contributed by atoms with E-state index in [4.69, 9.17) is 0 Å². The molecule has 1 heterocycles. The highest BCUT2D eigenvalue weighted by molar-refractivity contribution is 6.35. The van der Waals surface area contributed by atoms with Crippen molar-refractivity contribution in [2.45, 2.75) is 33.1 Å². The van der Waals surface area contributed by atoms with Gasteiger partial charge in [-0.05, 0) is 49.1 Å². The molecule has 2 aromatic carbocycles. The fourth-order valence-electron chi connectivity index (χ4n) is 3.23. The van der Waals surface area contributed by atoms with Crippen LogP contribution in [0.4, 0.5) is 5.69 Å². The van der Waals surface area contributed by atoms with Crippen LogP contribution in [0.2, 0.25) is 0 Å². The van der Waals surface area contributed by atoms with Crippen molar-refractivity contribution in [2.75, 3.05) is 4.90 Å². The minimum atomic E-state index is -1.15. The van der Waals surface area contributed by atoms with Gasteiger partial charge in [0.1, 0.15) is 0 Å². The molecule has 2 amide bonds. The zero-order chi connectivity index (χ0) is 18.1. The van der Waals surface area contributed by atoms with Gasteiger partial charge < -0.3 is 5.11 Å². The van der Waals surface area contributed by atoms with E-state index in [1.54, 1.807) is 30.3 Å². The number of carboxylic acids is 1. The third-order valence-corrected chi connectivity index (χ3v) is 4.55. The third kappa shape index (κ3) is 2.71. The molecule has 3 rings (SSSR count). The van der Waals surface area contributed by atoms with Crippen LogP contribution in [0.1, 0.15) is 62.0 Å². The van der Waals surface area contributed by atoms with Crippen molar-refractivity contribution in [1.29, 1.82) is 0 Å². The van der Waals surface area contributed by atoms with Crippen LogP contribution >= 0.6 is 0 Å². The molecular formula is C20H19NO4. The molecule has 0 radical (unpaired) electrons. The highest BCUT2D eigenvalue weighted by Gasteiger charge is 2.39. The van der Waals surface area contributed by atoms with Crippen LogP contribution in [-0.2, 0) is 6.42 Å². The quantitative estimate of drug-likeness (QED) is 0.841. The standard InChI is InChI=1S/C20H19NO4/c1-3-4-7-13-12(2)10-11-16(20(24)25)17(13)21-18(22)14-8-5-6-9-15(14)19(21)23/h5-6,8-11H,3-4,7H2,1-2H3,(H,24,25). The Bertz CT molecular complexity index is 850. The summed E-state index contributed by atoms with van der Waals surface area (Å²) in [5.74, 6) is -2.08. The van der Waals surface area contributed by atoms with Gasteiger partial charge in [-0.15, -0.1) is 0 Å². The number of imide groups is 1. The van der Waals surface area contributed by atoms with Gasteiger partial charge in [0.15, 0.2) is 0 Å². The zero-order valence-electron chi connectivity index (χ0n) is 14.2. The van der Waals surface area contributed by atoms with E-state index in [1.807, 2.05) is 13.8 Å². The molecule has 5 nitrogen and oxygen atoms in total. The number of rotatable bonds is 5. The summed E-state index contributed by atoms with van der Waals surface area (Å²) >= 11 is 0. The largest absolute Gasteiger partial charge is 0.478 e. The second-order valence-electron chi connectivity index (χ2n) is 6.16. The van der Waals surface area contributed by atoms with Gasteiger partial charge in [0.05, 0.1) is 22.4 Å². The van der Waals surface area contributed by atoms with Crippen molar-refractivity contribution >= 4 is 23.5 Å². The predicted octanol–water partition coefficient (Wildman–Crippen LogP) is 3.84. The molecule has 25 heavy (non-hydrogen) atoms. The maximum Gasteiger partial charge on any atom is 0.337 e. The van der Waals surface area contributed by atoms with E-state index in [9.17, 15) is 19.5 Å². The maximum atomic E-state index is 12.8. The number of carbonyl (C=O) groups excluding carboxylic acids is 2. The molecule has 1 aliphatic heterocycles. The van der Waals surface area contributed by atoms with Crippen molar-refractivity contribution in [3.05, 3.63) is 64.2 Å². The number of aromatic carboxylic acids is 1. The smallest absolute Gasteiger partial charge is 0.337 e. The van der Waals surface area contributed by atoms with Crippen LogP contribution < -0.4 is 4.90 Å². The number of benzene rings is 2. The van der Waals surface area contributed by atoms with Crippen LogP contribution in [0.25, 0.3) is 0 Å². The first-order valence-electron chi connectivity index (χ1n) is 8.31. The van der Waals surface area contributed by atoms with Crippen molar-refractivity contribution in [2.24, 2.45) is 0 Å². The van der Waals surface area contributed by atoms with E-state index in [2.05, 4.69) is 0 Å². The normalized spacial score (nSPS) is 13.3. The fourth-order valence-corrected chi connectivity index (χ4v) is 3.23. The van der Waals surface area contributed by atoms with Gasteiger partial charge in [-0.1, -0.05) is 31.5 Å². The van der Waals surface area contributed by atoms with Gasteiger partial charge in [-0.2, -0.15) is 0 Å². The summed E-state index contributed by atoms with van der Waals surface area (Å²) in [6.45, 7) is 3.91. The summed E-state index contributed by atoms with van der Waals surface area (Å²) < 4.78 is 0. The van der Waals surface area contributed by atoms with Gasteiger partial charge in [-0.3, -0.25) is 9.59 Å². The molecule has 128 valence electrons. The monoisotopic (exact) mass is 337 g/mol. The van der Waals surface area contributed by atoms with Gasteiger partial charge in [0, 0.05) is 0 Å². The molecule has 1 N–H and O–H groups in total. The fraction of sp³-hybridized carbons (Fsp3) is 0.250.